The van der Waals surface area contributed by atoms with E-state index in [4.69, 9.17) is 9.72 Å². The third-order valence-electron chi connectivity index (χ3n) is 6.31. The summed E-state index contributed by atoms with van der Waals surface area (Å²) >= 11 is 0. The van der Waals surface area contributed by atoms with Crippen molar-refractivity contribution < 1.29 is 13.9 Å². The number of anilines is 1. The van der Waals surface area contributed by atoms with Gasteiger partial charge in [0.15, 0.2) is 0 Å². The Balaban J connectivity index is 1.55. The van der Waals surface area contributed by atoms with E-state index in [1.165, 1.54) is 37.8 Å². The summed E-state index contributed by atoms with van der Waals surface area (Å²) in [5, 5.41) is 0. The van der Waals surface area contributed by atoms with E-state index in [0.717, 1.165) is 12.0 Å². The number of hydrogen-bond acceptors (Lipinski definition) is 5. The second-order valence-corrected chi connectivity index (χ2v) is 8.76. The molecule has 0 radical (unpaired) electrons. The van der Waals surface area contributed by atoms with Crippen LogP contribution in [0.15, 0.2) is 30.5 Å². The van der Waals surface area contributed by atoms with Crippen LogP contribution in [0.2, 0.25) is 0 Å². The van der Waals surface area contributed by atoms with Crippen LogP contribution < -0.4 is 4.90 Å². The molecule has 166 valence electrons. The Morgan fingerprint density at radius 3 is 2.84 bits per heavy atom. The molecule has 1 aliphatic carbocycles. The van der Waals surface area contributed by atoms with Crippen LogP contribution in [0.1, 0.15) is 50.3 Å². The number of hydrogen-bond donors (Lipinski definition) is 0. The highest BCUT2D eigenvalue weighted by Crippen LogP contribution is 2.33. The van der Waals surface area contributed by atoms with Crippen molar-refractivity contribution in [3.8, 4) is 11.1 Å². The summed E-state index contributed by atoms with van der Waals surface area (Å²) in [4.78, 5) is 25.8. The lowest BCUT2D eigenvalue weighted by Gasteiger charge is -2.34. The van der Waals surface area contributed by atoms with Gasteiger partial charge in [-0.05, 0) is 30.0 Å². The number of aromatic nitrogens is 2. The summed E-state index contributed by atoms with van der Waals surface area (Å²) < 4.78 is 19.9. The number of halogens is 1. The fraction of sp³-hybridized carbons (Fsp3) is 0.542. The fourth-order valence-electron chi connectivity index (χ4n) is 4.55. The van der Waals surface area contributed by atoms with Crippen molar-refractivity contribution in [3.05, 3.63) is 42.0 Å². The van der Waals surface area contributed by atoms with Gasteiger partial charge < -0.3 is 14.5 Å². The lowest BCUT2D eigenvalue weighted by atomic mass is 10.00. The Hall–Kier alpha value is -2.54. The van der Waals surface area contributed by atoms with Crippen molar-refractivity contribution in [3.63, 3.8) is 0 Å². The van der Waals surface area contributed by atoms with Gasteiger partial charge in [-0.15, -0.1) is 0 Å². The molecule has 1 saturated heterocycles. The molecule has 1 aliphatic heterocycles. The molecule has 7 heteroatoms. The molecule has 1 aromatic heterocycles. The molecule has 2 heterocycles. The van der Waals surface area contributed by atoms with Crippen LogP contribution in [-0.2, 0) is 9.53 Å². The molecular weight excluding hydrogens is 395 g/mol. The molecule has 1 aromatic carbocycles. The molecule has 0 unspecified atom stereocenters. The van der Waals surface area contributed by atoms with Gasteiger partial charge in [0.25, 0.3) is 0 Å². The number of benzene rings is 1. The van der Waals surface area contributed by atoms with Crippen LogP contribution in [0.25, 0.3) is 11.1 Å². The summed E-state index contributed by atoms with van der Waals surface area (Å²) in [5.74, 6) is 1.14. The van der Waals surface area contributed by atoms with Gasteiger partial charge in [0.1, 0.15) is 11.9 Å². The minimum absolute atomic E-state index is 0.189. The number of carbonyl (C=O) groups is 1. The SMILES string of the molecule is CN(C)c1ncc(-c2cccc(F)c2)c([C@@H]2CN(C(=O)CCC3CCCC3)CCO2)n1. The molecule has 1 atom stereocenters. The van der Waals surface area contributed by atoms with Gasteiger partial charge in [0.05, 0.1) is 18.8 Å². The van der Waals surface area contributed by atoms with Gasteiger partial charge in [-0.25, -0.2) is 14.4 Å². The monoisotopic (exact) mass is 426 g/mol. The average molecular weight is 427 g/mol. The molecule has 0 spiro atoms. The summed E-state index contributed by atoms with van der Waals surface area (Å²) in [5.41, 5.74) is 2.13. The standard InChI is InChI=1S/C24H31FN4O2/c1-28(2)24-26-15-20(18-8-5-9-19(25)14-18)23(27-24)21-16-29(12-13-31-21)22(30)11-10-17-6-3-4-7-17/h5,8-9,14-15,17,21H,3-4,6-7,10-13,16H2,1-2H3/t21-/m0/s1. The van der Waals surface area contributed by atoms with Crippen molar-refractivity contribution >= 4 is 11.9 Å². The number of carbonyl (C=O) groups excluding carboxylic acids is 1. The Kier molecular flexibility index (Phi) is 6.80. The third-order valence-corrected chi connectivity index (χ3v) is 6.31. The Morgan fingerprint density at radius 1 is 1.29 bits per heavy atom. The number of nitrogens with zero attached hydrogens (tertiary/aromatic N) is 4. The van der Waals surface area contributed by atoms with Crippen molar-refractivity contribution in [2.75, 3.05) is 38.7 Å². The van der Waals surface area contributed by atoms with E-state index in [1.807, 2.05) is 30.0 Å². The van der Waals surface area contributed by atoms with E-state index in [0.29, 0.717) is 49.2 Å². The van der Waals surface area contributed by atoms with Gasteiger partial charge in [-0.3, -0.25) is 4.79 Å². The van der Waals surface area contributed by atoms with Crippen LogP contribution in [-0.4, -0.2) is 54.6 Å². The number of amides is 1. The van der Waals surface area contributed by atoms with Crippen LogP contribution in [0.4, 0.5) is 10.3 Å². The zero-order valence-electron chi connectivity index (χ0n) is 18.4. The third kappa shape index (κ3) is 5.21. The average Bonchev–Trinajstić information content (AvgIpc) is 3.31. The largest absolute Gasteiger partial charge is 0.368 e. The predicted molar refractivity (Wildman–Crippen MR) is 118 cm³/mol. The Labute approximate surface area is 183 Å². The molecular formula is C24H31FN4O2. The Bertz CT molecular complexity index is 914. The molecule has 1 amide bonds. The molecule has 2 aromatic rings. The summed E-state index contributed by atoms with van der Waals surface area (Å²) in [6, 6.07) is 6.41. The van der Waals surface area contributed by atoms with Crippen molar-refractivity contribution in [1.29, 1.82) is 0 Å². The van der Waals surface area contributed by atoms with Crippen LogP contribution in [0.3, 0.4) is 0 Å². The summed E-state index contributed by atoms with van der Waals surface area (Å²) in [6.07, 6.45) is 8.02. The molecule has 1 saturated carbocycles. The smallest absolute Gasteiger partial charge is 0.225 e. The zero-order valence-corrected chi connectivity index (χ0v) is 18.4. The fourth-order valence-corrected chi connectivity index (χ4v) is 4.55. The molecule has 31 heavy (non-hydrogen) atoms. The first-order valence-corrected chi connectivity index (χ1v) is 11.2. The number of morpholine rings is 1. The van der Waals surface area contributed by atoms with Crippen LogP contribution in [0.5, 0.6) is 0 Å². The minimum atomic E-state index is -0.371. The van der Waals surface area contributed by atoms with E-state index >= 15 is 0 Å². The predicted octanol–water partition coefficient (Wildman–Crippen LogP) is 4.22. The van der Waals surface area contributed by atoms with Gasteiger partial charge >= 0.3 is 0 Å². The highest BCUT2D eigenvalue weighted by molar-refractivity contribution is 5.76. The highest BCUT2D eigenvalue weighted by atomic mass is 19.1. The molecule has 0 bridgehead atoms. The lowest BCUT2D eigenvalue weighted by molar-refractivity contribution is -0.139. The maximum Gasteiger partial charge on any atom is 0.225 e. The van der Waals surface area contributed by atoms with Crippen molar-refractivity contribution in [2.24, 2.45) is 5.92 Å². The highest BCUT2D eigenvalue weighted by Gasteiger charge is 2.29. The van der Waals surface area contributed by atoms with E-state index in [2.05, 4.69) is 4.98 Å². The van der Waals surface area contributed by atoms with E-state index in [1.54, 1.807) is 12.3 Å². The Morgan fingerprint density at radius 2 is 2.10 bits per heavy atom. The maximum atomic E-state index is 13.9. The second-order valence-electron chi connectivity index (χ2n) is 8.76. The molecule has 0 N–H and O–H groups in total. The van der Waals surface area contributed by atoms with Gasteiger partial charge in [0.2, 0.25) is 11.9 Å². The lowest BCUT2D eigenvalue weighted by Crippen LogP contribution is -2.42. The number of ether oxygens (including phenoxy) is 1. The van der Waals surface area contributed by atoms with Gasteiger partial charge in [-0.2, -0.15) is 0 Å². The quantitative estimate of drug-likeness (QED) is 0.692. The first kappa shape index (κ1) is 21.7. The van der Waals surface area contributed by atoms with Gasteiger partial charge in [0, 0.05) is 38.8 Å². The van der Waals surface area contributed by atoms with Gasteiger partial charge in [-0.1, -0.05) is 37.8 Å². The first-order valence-electron chi connectivity index (χ1n) is 11.2. The summed E-state index contributed by atoms with van der Waals surface area (Å²) in [7, 11) is 3.75. The normalized spacial score (nSPS) is 19.6. The molecule has 2 aliphatic rings. The minimum Gasteiger partial charge on any atom is -0.368 e. The number of rotatable bonds is 6. The van der Waals surface area contributed by atoms with E-state index in [9.17, 15) is 9.18 Å². The van der Waals surface area contributed by atoms with Crippen LogP contribution >= 0.6 is 0 Å². The van der Waals surface area contributed by atoms with E-state index < -0.39 is 0 Å². The van der Waals surface area contributed by atoms with Crippen molar-refractivity contribution in [2.45, 2.75) is 44.6 Å². The summed E-state index contributed by atoms with van der Waals surface area (Å²) in [6.45, 7) is 1.51. The first-order chi connectivity index (χ1) is 15.0. The maximum absolute atomic E-state index is 13.9. The van der Waals surface area contributed by atoms with Crippen molar-refractivity contribution in [1.82, 2.24) is 14.9 Å². The van der Waals surface area contributed by atoms with Crippen LogP contribution in [0, 0.1) is 11.7 Å². The zero-order chi connectivity index (χ0) is 21.8. The molecule has 4 rings (SSSR count). The molecule has 2 fully saturated rings. The topological polar surface area (TPSA) is 58.6 Å². The van der Waals surface area contributed by atoms with E-state index in [-0.39, 0.29) is 17.8 Å². The second kappa shape index (κ2) is 9.73. The molecule has 6 nitrogen and oxygen atoms in total.